The normalized spacial score (nSPS) is 10.3. The molecule has 5 heteroatoms. The molecule has 0 aliphatic heterocycles. The third-order valence-corrected chi connectivity index (χ3v) is 2.67. The summed E-state index contributed by atoms with van der Waals surface area (Å²) < 4.78 is 5.97. The minimum absolute atomic E-state index is 0.661. The van der Waals surface area contributed by atoms with Crippen molar-refractivity contribution in [2.75, 3.05) is 37.4 Å². The van der Waals surface area contributed by atoms with Crippen LogP contribution in [0.25, 0.3) is 0 Å². The van der Waals surface area contributed by atoms with Crippen LogP contribution in [0.15, 0.2) is 16.7 Å². The molecule has 4 nitrogen and oxygen atoms in total. The van der Waals surface area contributed by atoms with Gasteiger partial charge in [0.2, 0.25) is 0 Å². The van der Waals surface area contributed by atoms with Crippen molar-refractivity contribution in [1.29, 1.82) is 0 Å². The van der Waals surface area contributed by atoms with E-state index >= 15 is 0 Å². The Labute approximate surface area is 98.6 Å². The maximum Gasteiger partial charge on any atom is 0.143 e. The van der Waals surface area contributed by atoms with Crippen molar-refractivity contribution in [3.05, 3.63) is 16.7 Å². The second-order valence-corrected chi connectivity index (χ2v) is 4.00. The lowest BCUT2D eigenvalue weighted by Gasteiger charge is -2.22. The van der Waals surface area contributed by atoms with E-state index in [1.807, 2.05) is 6.07 Å². The first-order valence-electron chi connectivity index (χ1n) is 4.84. The van der Waals surface area contributed by atoms with E-state index < -0.39 is 0 Å². The van der Waals surface area contributed by atoms with Crippen LogP contribution < -0.4 is 10.6 Å². The van der Waals surface area contributed by atoms with E-state index in [0.717, 1.165) is 23.4 Å². The second kappa shape index (κ2) is 5.92. The number of nitrogen functional groups attached to an aromatic ring is 1. The van der Waals surface area contributed by atoms with Crippen molar-refractivity contribution in [1.82, 2.24) is 4.98 Å². The molecule has 0 saturated carbocycles. The van der Waals surface area contributed by atoms with Crippen molar-refractivity contribution in [2.45, 2.75) is 6.92 Å². The number of nitrogens with two attached hydrogens (primary N) is 1. The number of halogens is 1. The Bertz CT molecular complexity index is 320. The zero-order chi connectivity index (χ0) is 11.3. The zero-order valence-electron chi connectivity index (χ0n) is 9.03. The van der Waals surface area contributed by atoms with Crippen LogP contribution in [-0.2, 0) is 4.74 Å². The SMILES string of the molecule is CCN(CCOC)c1ncc(N)cc1Br. The van der Waals surface area contributed by atoms with Gasteiger partial charge in [0.05, 0.1) is 23.0 Å². The zero-order valence-corrected chi connectivity index (χ0v) is 10.6. The number of anilines is 2. The first-order chi connectivity index (χ1) is 7.19. The van der Waals surface area contributed by atoms with E-state index in [2.05, 4.69) is 32.7 Å². The molecule has 0 radical (unpaired) electrons. The number of aromatic nitrogens is 1. The number of rotatable bonds is 5. The molecular weight excluding hydrogens is 258 g/mol. The predicted octanol–water partition coefficient (Wildman–Crippen LogP) is 1.90. The van der Waals surface area contributed by atoms with Crippen molar-refractivity contribution in [3.8, 4) is 0 Å². The summed E-state index contributed by atoms with van der Waals surface area (Å²) in [4.78, 5) is 6.43. The largest absolute Gasteiger partial charge is 0.397 e. The molecule has 0 aliphatic rings. The number of ether oxygens (including phenoxy) is 1. The average Bonchev–Trinajstić information content (AvgIpc) is 2.21. The Hall–Kier alpha value is -0.810. The predicted molar refractivity (Wildman–Crippen MR) is 66.1 cm³/mol. The van der Waals surface area contributed by atoms with E-state index in [1.54, 1.807) is 13.3 Å². The number of hydrogen-bond acceptors (Lipinski definition) is 4. The summed E-state index contributed by atoms with van der Waals surface area (Å²) in [5.41, 5.74) is 6.29. The van der Waals surface area contributed by atoms with Gasteiger partial charge in [-0.15, -0.1) is 0 Å². The molecule has 0 bridgehead atoms. The molecule has 1 aromatic rings. The highest BCUT2D eigenvalue weighted by Crippen LogP contribution is 2.25. The van der Waals surface area contributed by atoms with Gasteiger partial charge in [0.15, 0.2) is 0 Å². The summed E-state index contributed by atoms with van der Waals surface area (Å²) in [6.07, 6.45) is 1.66. The molecule has 1 heterocycles. The van der Waals surface area contributed by atoms with Crippen molar-refractivity contribution in [3.63, 3.8) is 0 Å². The van der Waals surface area contributed by atoms with E-state index in [4.69, 9.17) is 10.5 Å². The van der Waals surface area contributed by atoms with E-state index in [1.165, 1.54) is 0 Å². The third kappa shape index (κ3) is 3.35. The highest BCUT2D eigenvalue weighted by Gasteiger charge is 2.09. The van der Waals surface area contributed by atoms with Crippen LogP contribution in [0.1, 0.15) is 6.92 Å². The lowest BCUT2D eigenvalue weighted by Crippen LogP contribution is -2.28. The first kappa shape index (κ1) is 12.3. The highest BCUT2D eigenvalue weighted by atomic mass is 79.9. The monoisotopic (exact) mass is 273 g/mol. The van der Waals surface area contributed by atoms with Crippen LogP contribution in [0.2, 0.25) is 0 Å². The molecule has 0 fully saturated rings. The average molecular weight is 274 g/mol. The second-order valence-electron chi connectivity index (χ2n) is 3.15. The molecule has 0 aliphatic carbocycles. The molecule has 0 unspecified atom stereocenters. The lowest BCUT2D eigenvalue weighted by atomic mass is 10.4. The molecular formula is C10H16BrN3O. The summed E-state index contributed by atoms with van der Waals surface area (Å²) in [5, 5.41) is 0. The van der Waals surface area contributed by atoms with Gasteiger partial charge in [-0.25, -0.2) is 4.98 Å². The first-order valence-corrected chi connectivity index (χ1v) is 5.63. The van der Waals surface area contributed by atoms with Crippen LogP contribution >= 0.6 is 15.9 Å². The molecule has 0 aromatic carbocycles. The summed E-state index contributed by atoms with van der Waals surface area (Å²) in [6.45, 7) is 4.48. The van der Waals surface area contributed by atoms with Crippen molar-refractivity contribution >= 4 is 27.4 Å². The maximum absolute atomic E-state index is 5.63. The topological polar surface area (TPSA) is 51.4 Å². The minimum atomic E-state index is 0.661. The Balaban J connectivity index is 2.81. The Morgan fingerprint density at radius 3 is 2.87 bits per heavy atom. The molecule has 0 spiro atoms. The van der Waals surface area contributed by atoms with Gasteiger partial charge in [0.1, 0.15) is 5.82 Å². The molecule has 1 rings (SSSR count). The fourth-order valence-corrected chi connectivity index (χ4v) is 1.91. The molecule has 0 saturated heterocycles. The smallest absolute Gasteiger partial charge is 0.143 e. The third-order valence-electron chi connectivity index (χ3n) is 2.09. The highest BCUT2D eigenvalue weighted by molar-refractivity contribution is 9.10. The van der Waals surface area contributed by atoms with Gasteiger partial charge in [-0.3, -0.25) is 0 Å². The summed E-state index contributed by atoms with van der Waals surface area (Å²) in [6, 6.07) is 1.86. The van der Waals surface area contributed by atoms with Crippen molar-refractivity contribution < 1.29 is 4.74 Å². The summed E-state index contributed by atoms with van der Waals surface area (Å²) in [7, 11) is 1.69. The van der Waals surface area contributed by atoms with E-state index in [-0.39, 0.29) is 0 Å². The molecule has 84 valence electrons. The molecule has 15 heavy (non-hydrogen) atoms. The van der Waals surface area contributed by atoms with Crippen LogP contribution in [0, 0.1) is 0 Å². The minimum Gasteiger partial charge on any atom is -0.397 e. The Morgan fingerprint density at radius 1 is 1.60 bits per heavy atom. The van der Waals surface area contributed by atoms with Gasteiger partial charge in [-0.2, -0.15) is 0 Å². The van der Waals surface area contributed by atoms with E-state index in [9.17, 15) is 0 Å². The van der Waals surface area contributed by atoms with Crippen LogP contribution in [-0.4, -0.2) is 31.8 Å². The van der Waals surface area contributed by atoms with Crippen LogP contribution in [0.3, 0.4) is 0 Å². The number of pyridine rings is 1. The van der Waals surface area contributed by atoms with Gasteiger partial charge in [0.25, 0.3) is 0 Å². The quantitative estimate of drug-likeness (QED) is 0.891. The van der Waals surface area contributed by atoms with Gasteiger partial charge in [-0.1, -0.05) is 0 Å². The number of hydrogen-bond donors (Lipinski definition) is 1. The Kier molecular flexibility index (Phi) is 4.84. The molecule has 0 amide bonds. The van der Waals surface area contributed by atoms with Gasteiger partial charge in [-0.05, 0) is 28.9 Å². The van der Waals surface area contributed by atoms with Gasteiger partial charge < -0.3 is 15.4 Å². The standard InChI is InChI=1S/C10H16BrN3O/c1-3-14(4-5-15-2)10-9(11)6-8(12)7-13-10/h6-7H,3-5,12H2,1-2H3. The number of likely N-dealkylation sites (N-methyl/N-ethyl adjacent to an activating group) is 1. The van der Waals surface area contributed by atoms with Crippen LogP contribution in [0.4, 0.5) is 11.5 Å². The molecule has 0 atom stereocenters. The summed E-state index contributed by atoms with van der Waals surface area (Å²) in [5.74, 6) is 0.906. The lowest BCUT2D eigenvalue weighted by molar-refractivity contribution is 0.205. The summed E-state index contributed by atoms with van der Waals surface area (Å²) >= 11 is 3.46. The van der Waals surface area contributed by atoms with Gasteiger partial charge in [0, 0.05) is 20.2 Å². The maximum atomic E-state index is 5.63. The number of methoxy groups -OCH3 is 1. The van der Waals surface area contributed by atoms with E-state index in [0.29, 0.717) is 12.3 Å². The molecule has 1 aromatic heterocycles. The Morgan fingerprint density at radius 2 is 2.33 bits per heavy atom. The number of nitrogens with zero attached hydrogens (tertiary/aromatic N) is 2. The fourth-order valence-electron chi connectivity index (χ4n) is 1.29. The van der Waals surface area contributed by atoms with Crippen molar-refractivity contribution in [2.24, 2.45) is 0 Å². The molecule has 2 N–H and O–H groups in total. The fraction of sp³-hybridized carbons (Fsp3) is 0.500. The van der Waals surface area contributed by atoms with Crippen LogP contribution in [0.5, 0.6) is 0 Å². The van der Waals surface area contributed by atoms with Gasteiger partial charge >= 0.3 is 0 Å².